The summed E-state index contributed by atoms with van der Waals surface area (Å²) in [6.07, 6.45) is -0.0662. The van der Waals surface area contributed by atoms with Crippen LogP contribution in [0.3, 0.4) is 0 Å². The van der Waals surface area contributed by atoms with E-state index in [1.54, 1.807) is 19.9 Å². The van der Waals surface area contributed by atoms with Gasteiger partial charge in [-0.1, -0.05) is 6.07 Å². The van der Waals surface area contributed by atoms with Gasteiger partial charge in [0.25, 0.3) is 0 Å². The molecule has 82 valence electrons. The van der Waals surface area contributed by atoms with Gasteiger partial charge in [-0.3, -0.25) is 4.79 Å². The molecule has 0 amide bonds. The number of rotatable bonds is 3. The summed E-state index contributed by atoms with van der Waals surface area (Å²) in [5, 5.41) is 18.4. The Labute approximate surface area is 88.1 Å². The molecule has 0 fully saturated rings. The molecule has 0 unspecified atom stereocenters. The second-order valence-electron chi connectivity index (χ2n) is 3.43. The third-order valence-corrected chi connectivity index (χ3v) is 2.35. The molecule has 0 saturated carbocycles. The van der Waals surface area contributed by atoms with Crippen molar-refractivity contribution in [2.24, 2.45) is 0 Å². The number of carbonyl (C=O) groups is 1. The largest absolute Gasteiger partial charge is 0.504 e. The summed E-state index contributed by atoms with van der Waals surface area (Å²) in [7, 11) is 1.45. The number of ether oxygens (including phenoxy) is 1. The lowest BCUT2D eigenvalue weighted by molar-refractivity contribution is -0.136. The highest BCUT2D eigenvalue weighted by atomic mass is 16.5. The van der Waals surface area contributed by atoms with Crippen LogP contribution >= 0.6 is 0 Å². The molecule has 1 rings (SSSR count). The van der Waals surface area contributed by atoms with Gasteiger partial charge in [-0.15, -0.1) is 0 Å². The Balaban J connectivity index is 3.30. The lowest BCUT2D eigenvalue weighted by atomic mass is 10.0. The number of aromatic hydroxyl groups is 1. The van der Waals surface area contributed by atoms with Crippen molar-refractivity contribution in [3.8, 4) is 11.5 Å². The van der Waals surface area contributed by atoms with Crippen LogP contribution in [0.15, 0.2) is 6.07 Å². The number of carboxylic acids is 1. The highest BCUT2D eigenvalue weighted by Gasteiger charge is 2.14. The standard InChI is InChI=1S/C11H14O4/c1-6-4-8(5-9(12)13)7(2)11(15-3)10(6)14/h4,14H,5H2,1-3H3,(H,12,13). The van der Waals surface area contributed by atoms with Crippen molar-refractivity contribution in [2.45, 2.75) is 20.3 Å². The number of aliphatic carboxylic acids is 1. The Bertz CT molecular complexity index is 396. The molecule has 0 spiro atoms. The fourth-order valence-electron chi connectivity index (χ4n) is 1.54. The molecule has 0 saturated heterocycles. The third-order valence-electron chi connectivity index (χ3n) is 2.35. The van der Waals surface area contributed by atoms with E-state index in [9.17, 15) is 9.90 Å². The van der Waals surface area contributed by atoms with Gasteiger partial charge in [0.1, 0.15) is 0 Å². The fourth-order valence-corrected chi connectivity index (χ4v) is 1.54. The minimum Gasteiger partial charge on any atom is -0.504 e. The van der Waals surface area contributed by atoms with Crippen LogP contribution in [0.25, 0.3) is 0 Å². The SMILES string of the molecule is COc1c(C)c(CC(=O)O)cc(C)c1O. The quantitative estimate of drug-likeness (QED) is 0.796. The second-order valence-corrected chi connectivity index (χ2v) is 3.43. The maximum Gasteiger partial charge on any atom is 0.307 e. The second kappa shape index (κ2) is 4.21. The highest BCUT2D eigenvalue weighted by Crippen LogP contribution is 2.35. The van der Waals surface area contributed by atoms with Crippen molar-refractivity contribution in [1.29, 1.82) is 0 Å². The van der Waals surface area contributed by atoms with E-state index < -0.39 is 5.97 Å². The van der Waals surface area contributed by atoms with Gasteiger partial charge in [0.2, 0.25) is 0 Å². The van der Waals surface area contributed by atoms with Gasteiger partial charge in [-0.05, 0) is 30.5 Å². The Morgan fingerprint density at radius 3 is 2.53 bits per heavy atom. The number of hydrogen-bond acceptors (Lipinski definition) is 3. The van der Waals surface area contributed by atoms with Crippen LogP contribution in [0.5, 0.6) is 11.5 Å². The minimum atomic E-state index is -0.898. The number of phenols is 1. The van der Waals surface area contributed by atoms with Gasteiger partial charge in [0, 0.05) is 0 Å². The van der Waals surface area contributed by atoms with Gasteiger partial charge in [-0.25, -0.2) is 0 Å². The number of phenolic OH excluding ortho intramolecular Hbond substituents is 1. The zero-order chi connectivity index (χ0) is 11.6. The molecule has 0 atom stereocenters. The monoisotopic (exact) mass is 210 g/mol. The fraction of sp³-hybridized carbons (Fsp3) is 0.364. The van der Waals surface area contributed by atoms with Crippen LogP contribution in [0.1, 0.15) is 16.7 Å². The van der Waals surface area contributed by atoms with Crippen molar-refractivity contribution < 1.29 is 19.7 Å². The van der Waals surface area contributed by atoms with E-state index in [-0.39, 0.29) is 12.2 Å². The molecule has 1 aromatic carbocycles. The zero-order valence-electron chi connectivity index (χ0n) is 9.00. The Morgan fingerprint density at radius 1 is 1.47 bits per heavy atom. The molecule has 0 aliphatic heterocycles. The lowest BCUT2D eigenvalue weighted by Gasteiger charge is -2.13. The molecule has 4 nitrogen and oxygen atoms in total. The van der Waals surface area contributed by atoms with E-state index in [1.165, 1.54) is 7.11 Å². The summed E-state index contributed by atoms with van der Waals surface area (Å²) in [6, 6.07) is 1.67. The summed E-state index contributed by atoms with van der Waals surface area (Å²) in [4.78, 5) is 10.6. The molecule has 0 bridgehead atoms. The first-order chi connectivity index (χ1) is 6.97. The van der Waals surface area contributed by atoms with Gasteiger partial charge >= 0.3 is 5.97 Å². The molecule has 0 aromatic heterocycles. The normalized spacial score (nSPS) is 10.1. The van der Waals surface area contributed by atoms with Crippen molar-refractivity contribution in [3.05, 3.63) is 22.8 Å². The number of benzene rings is 1. The summed E-state index contributed by atoms with van der Waals surface area (Å²) >= 11 is 0. The first-order valence-electron chi connectivity index (χ1n) is 4.55. The predicted molar refractivity (Wildman–Crippen MR) is 55.5 cm³/mol. The smallest absolute Gasteiger partial charge is 0.307 e. The summed E-state index contributed by atoms with van der Waals surface area (Å²) in [5.74, 6) is -0.472. The predicted octanol–water partition coefficient (Wildman–Crippen LogP) is 1.64. The molecule has 15 heavy (non-hydrogen) atoms. The molecule has 0 radical (unpaired) electrons. The van der Waals surface area contributed by atoms with Crippen LogP contribution < -0.4 is 4.74 Å². The first-order valence-corrected chi connectivity index (χ1v) is 4.55. The lowest BCUT2D eigenvalue weighted by Crippen LogP contribution is -2.04. The van der Waals surface area contributed by atoms with Gasteiger partial charge in [-0.2, -0.15) is 0 Å². The molecule has 0 aliphatic rings. The average molecular weight is 210 g/mol. The number of aryl methyl sites for hydroxylation is 1. The molecule has 0 heterocycles. The van der Waals surface area contributed by atoms with E-state index in [0.29, 0.717) is 22.4 Å². The Morgan fingerprint density at radius 2 is 2.07 bits per heavy atom. The third kappa shape index (κ3) is 2.21. The molecule has 4 heteroatoms. The minimum absolute atomic E-state index is 0.0662. The highest BCUT2D eigenvalue weighted by molar-refractivity contribution is 5.72. The topological polar surface area (TPSA) is 66.8 Å². The molecule has 1 aromatic rings. The Hall–Kier alpha value is -1.71. The first kappa shape index (κ1) is 11.4. The van der Waals surface area contributed by atoms with E-state index in [4.69, 9.17) is 9.84 Å². The molecule has 0 aliphatic carbocycles. The summed E-state index contributed by atoms with van der Waals surface area (Å²) < 4.78 is 5.04. The van der Waals surface area contributed by atoms with Crippen molar-refractivity contribution >= 4 is 5.97 Å². The van der Waals surface area contributed by atoms with E-state index >= 15 is 0 Å². The summed E-state index contributed by atoms with van der Waals surface area (Å²) in [6.45, 7) is 3.44. The Kier molecular flexibility index (Phi) is 3.19. The van der Waals surface area contributed by atoms with Gasteiger partial charge in [0.15, 0.2) is 11.5 Å². The van der Waals surface area contributed by atoms with Crippen molar-refractivity contribution in [1.82, 2.24) is 0 Å². The molecule has 2 N–H and O–H groups in total. The maximum absolute atomic E-state index is 10.6. The molecular weight excluding hydrogens is 196 g/mol. The van der Waals surface area contributed by atoms with Crippen molar-refractivity contribution in [3.63, 3.8) is 0 Å². The van der Waals surface area contributed by atoms with Crippen LogP contribution in [0, 0.1) is 13.8 Å². The number of hydrogen-bond donors (Lipinski definition) is 2. The maximum atomic E-state index is 10.6. The van der Waals surface area contributed by atoms with Crippen molar-refractivity contribution in [2.75, 3.05) is 7.11 Å². The van der Waals surface area contributed by atoms with Crippen LogP contribution in [0.4, 0.5) is 0 Å². The van der Waals surface area contributed by atoms with Gasteiger partial charge < -0.3 is 14.9 Å². The summed E-state index contributed by atoms with van der Waals surface area (Å²) in [5.41, 5.74) is 1.95. The van der Waals surface area contributed by atoms with Gasteiger partial charge in [0.05, 0.1) is 13.5 Å². The molecular formula is C11H14O4. The van der Waals surface area contributed by atoms with Crippen LogP contribution in [0.2, 0.25) is 0 Å². The van der Waals surface area contributed by atoms with E-state index in [2.05, 4.69) is 0 Å². The number of carboxylic acid groups (broad SMARTS) is 1. The zero-order valence-corrected chi connectivity index (χ0v) is 9.00. The van der Waals surface area contributed by atoms with Crippen LogP contribution in [-0.4, -0.2) is 23.3 Å². The average Bonchev–Trinajstić information content (AvgIpc) is 2.14. The van der Waals surface area contributed by atoms with E-state index in [0.717, 1.165) is 0 Å². The van der Waals surface area contributed by atoms with E-state index in [1.807, 2.05) is 0 Å². The number of methoxy groups -OCH3 is 1. The van der Waals surface area contributed by atoms with Crippen LogP contribution in [-0.2, 0) is 11.2 Å².